The summed E-state index contributed by atoms with van der Waals surface area (Å²) in [5, 5.41) is -0.372. The summed E-state index contributed by atoms with van der Waals surface area (Å²) in [6.45, 7) is 6.99. The molecule has 3 heteroatoms. The van der Waals surface area contributed by atoms with Gasteiger partial charge in [0.2, 0.25) is 5.91 Å². The lowest BCUT2D eigenvalue weighted by atomic mass is 10.1. The van der Waals surface area contributed by atoms with Crippen molar-refractivity contribution in [2.75, 3.05) is 6.54 Å². The van der Waals surface area contributed by atoms with Crippen LogP contribution in [0.4, 0.5) is 0 Å². The highest BCUT2D eigenvalue weighted by Gasteiger charge is 2.33. The Labute approximate surface area is 91.6 Å². The molecular weight excluding hydrogens is 198 g/mol. The predicted molar refractivity (Wildman–Crippen MR) is 59.5 cm³/mol. The van der Waals surface area contributed by atoms with Gasteiger partial charge >= 0.3 is 0 Å². The number of halogens is 1. The molecule has 0 heterocycles. The molecule has 0 N–H and O–H groups in total. The van der Waals surface area contributed by atoms with Crippen LogP contribution in [-0.4, -0.2) is 28.8 Å². The van der Waals surface area contributed by atoms with Crippen molar-refractivity contribution in [1.82, 2.24) is 4.90 Å². The minimum Gasteiger partial charge on any atom is -0.338 e. The highest BCUT2D eigenvalue weighted by atomic mass is 35.5. The molecular formula is C11H20ClNO. The number of nitrogens with zero attached hydrogens (tertiary/aromatic N) is 1. The number of alkyl halides is 1. The minimum atomic E-state index is -0.372. The summed E-state index contributed by atoms with van der Waals surface area (Å²) in [4.78, 5) is 13.7. The van der Waals surface area contributed by atoms with Crippen LogP contribution in [0.3, 0.4) is 0 Å². The molecule has 0 aromatic carbocycles. The Morgan fingerprint density at radius 3 is 2.36 bits per heavy atom. The van der Waals surface area contributed by atoms with Crippen molar-refractivity contribution in [2.24, 2.45) is 5.92 Å². The second-order valence-corrected chi connectivity index (χ2v) is 5.22. The van der Waals surface area contributed by atoms with E-state index in [4.69, 9.17) is 11.6 Å². The van der Waals surface area contributed by atoms with Crippen LogP contribution < -0.4 is 0 Å². The topological polar surface area (TPSA) is 20.3 Å². The van der Waals surface area contributed by atoms with Gasteiger partial charge in [-0.05, 0) is 32.1 Å². The molecule has 2 nitrogen and oxygen atoms in total. The predicted octanol–water partition coefficient (Wildman–Crippen LogP) is 2.65. The zero-order chi connectivity index (χ0) is 10.7. The van der Waals surface area contributed by atoms with Crippen molar-refractivity contribution >= 4 is 17.5 Å². The Balaban J connectivity index is 2.42. The third-order valence-electron chi connectivity index (χ3n) is 2.56. The third kappa shape index (κ3) is 3.49. The van der Waals surface area contributed by atoms with E-state index >= 15 is 0 Å². The Morgan fingerprint density at radius 2 is 2.00 bits per heavy atom. The average Bonchev–Trinajstić information content (AvgIpc) is 2.87. The van der Waals surface area contributed by atoms with Crippen LogP contribution in [0.1, 0.15) is 40.0 Å². The van der Waals surface area contributed by atoms with Gasteiger partial charge in [-0.3, -0.25) is 4.79 Å². The summed E-state index contributed by atoms with van der Waals surface area (Å²) >= 11 is 5.82. The van der Waals surface area contributed by atoms with E-state index in [1.54, 1.807) is 6.92 Å². The summed E-state index contributed by atoms with van der Waals surface area (Å²) in [7, 11) is 0. The number of hydrogen-bond acceptors (Lipinski definition) is 1. The lowest BCUT2D eigenvalue weighted by molar-refractivity contribution is -0.131. The summed E-state index contributed by atoms with van der Waals surface area (Å²) in [6, 6.07) is 0.488. The summed E-state index contributed by atoms with van der Waals surface area (Å²) in [5.74, 6) is 0.754. The monoisotopic (exact) mass is 217 g/mol. The maximum Gasteiger partial charge on any atom is 0.240 e. The molecule has 0 aromatic rings. The van der Waals surface area contributed by atoms with Crippen molar-refractivity contribution < 1.29 is 4.79 Å². The van der Waals surface area contributed by atoms with Gasteiger partial charge in [-0.15, -0.1) is 11.6 Å². The van der Waals surface area contributed by atoms with E-state index in [2.05, 4.69) is 13.8 Å². The van der Waals surface area contributed by atoms with Gasteiger partial charge in [0, 0.05) is 12.6 Å². The fourth-order valence-electron chi connectivity index (χ4n) is 1.48. The Kier molecular flexibility index (Phi) is 4.24. The van der Waals surface area contributed by atoms with E-state index in [-0.39, 0.29) is 11.3 Å². The lowest BCUT2D eigenvalue weighted by Crippen LogP contribution is -2.38. The molecule has 1 atom stereocenters. The van der Waals surface area contributed by atoms with Crippen LogP contribution in [0.5, 0.6) is 0 Å². The molecule has 0 radical (unpaired) electrons. The fourth-order valence-corrected chi connectivity index (χ4v) is 1.61. The molecule has 1 saturated carbocycles. The van der Waals surface area contributed by atoms with Crippen molar-refractivity contribution in [3.63, 3.8) is 0 Å². The van der Waals surface area contributed by atoms with Gasteiger partial charge in [0.1, 0.15) is 5.38 Å². The molecule has 1 unspecified atom stereocenters. The number of carbonyl (C=O) groups excluding carboxylic acids is 1. The van der Waals surface area contributed by atoms with Gasteiger partial charge in [0.05, 0.1) is 0 Å². The maximum atomic E-state index is 11.7. The van der Waals surface area contributed by atoms with E-state index in [0.717, 1.165) is 25.8 Å². The van der Waals surface area contributed by atoms with Crippen LogP contribution in [0.15, 0.2) is 0 Å². The van der Waals surface area contributed by atoms with Gasteiger partial charge in [0.25, 0.3) is 0 Å². The van der Waals surface area contributed by atoms with Crippen LogP contribution in [-0.2, 0) is 4.79 Å². The van der Waals surface area contributed by atoms with Gasteiger partial charge in [-0.2, -0.15) is 0 Å². The summed E-state index contributed by atoms with van der Waals surface area (Å²) in [5.41, 5.74) is 0. The smallest absolute Gasteiger partial charge is 0.240 e. The maximum absolute atomic E-state index is 11.7. The van der Waals surface area contributed by atoms with Crippen LogP contribution in [0.2, 0.25) is 0 Å². The van der Waals surface area contributed by atoms with Crippen LogP contribution >= 0.6 is 11.6 Å². The number of hydrogen-bond donors (Lipinski definition) is 0. The molecule has 1 rings (SSSR count). The zero-order valence-electron chi connectivity index (χ0n) is 9.29. The van der Waals surface area contributed by atoms with Crippen molar-refractivity contribution in [3.05, 3.63) is 0 Å². The molecule has 0 aliphatic heterocycles. The first kappa shape index (κ1) is 11.8. The second-order valence-electron chi connectivity index (χ2n) is 4.56. The molecule has 0 saturated heterocycles. The van der Waals surface area contributed by atoms with Gasteiger partial charge in [-0.1, -0.05) is 13.8 Å². The molecule has 14 heavy (non-hydrogen) atoms. The largest absolute Gasteiger partial charge is 0.338 e. The minimum absolute atomic E-state index is 0.106. The summed E-state index contributed by atoms with van der Waals surface area (Å²) < 4.78 is 0. The molecule has 1 fully saturated rings. The molecule has 1 aliphatic carbocycles. The number of carbonyl (C=O) groups is 1. The molecule has 1 aliphatic rings. The fraction of sp³-hybridized carbons (Fsp3) is 0.909. The van der Waals surface area contributed by atoms with E-state index in [1.165, 1.54) is 0 Å². The van der Waals surface area contributed by atoms with Crippen LogP contribution in [0.25, 0.3) is 0 Å². The van der Waals surface area contributed by atoms with Gasteiger partial charge in [0.15, 0.2) is 0 Å². The second kappa shape index (κ2) is 5.01. The first-order valence-electron chi connectivity index (χ1n) is 5.47. The van der Waals surface area contributed by atoms with Gasteiger partial charge in [-0.25, -0.2) is 0 Å². The highest BCUT2D eigenvalue weighted by Crippen LogP contribution is 2.28. The normalized spacial score (nSPS) is 18.4. The van der Waals surface area contributed by atoms with E-state index in [0.29, 0.717) is 12.0 Å². The third-order valence-corrected chi connectivity index (χ3v) is 2.75. The highest BCUT2D eigenvalue weighted by molar-refractivity contribution is 6.30. The number of amides is 1. The molecule has 0 bridgehead atoms. The van der Waals surface area contributed by atoms with E-state index < -0.39 is 0 Å². The molecule has 1 amide bonds. The average molecular weight is 218 g/mol. The van der Waals surface area contributed by atoms with Crippen molar-refractivity contribution in [2.45, 2.75) is 51.5 Å². The Hall–Kier alpha value is -0.240. The Morgan fingerprint density at radius 1 is 1.43 bits per heavy atom. The van der Waals surface area contributed by atoms with E-state index in [9.17, 15) is 4.79 Å². The molecule has 0 spiro atoms. The lowest BCUT2D eigenvalue weighted by Gasteiger charge is -2.24. The molecule has 82 valence electrons. The Bertz CT molecular complexity index is 199. The quantitative estimate of drug-likeness (QED) is 0.649. The zero-order valence-corrected chi connectivity index (χ0v) is 10.0. The van der Waals surface area contributed by atoms with Crippen molar-refractivity contribution in [3.8, 4) is 0 Å². The first-order valence-corrected chi connectivity index (χ1v) is 5.90. The molecule has 0 aromatic heterocycles. The number of rotatable bonds is 5. The van der Waals surface area contributed by atoms with Crippen LogP contribution in [0, 0.1) is 5.92 Å². The summed E-state index contributed by atoms with van der Waals surface area (Å²) in [6.07, 6.45) is 3.40. The SMILES string of the molecule is CC(C)CCN(C(=O)C(C)Cl)C1CC1. The first-order chi connectivity index (χ1) is 6.52. The van der Waals surface area contributed by atoms with Crippen molar-refractivity contribution in [1.29, 1.82) is 0 Å². The van der Waals surface area contributed by atoms with E-state index in [1.807, 2.05) is 4.90 Å². The standard InChI is InChI=1S/C11H20ClNO/c1-8(2)6-7-13(10-4-5-10)11(14)9(3)12/h8-10H,4-7H2,1-3H3. The van der Waals surface area contributed by atoms with Gasteiger partial charge < -0.3 is 4.90 Å².